The van der Waals surface area contributed by atoms with Crippen molar-refractivity contribution in [3.63, 3.8) is 0 Å². The van der Waals surface area contributed by atoms with E-state index in [1.54, 1.807) is 0 Å². The Balaban J connectivity index is 1.28. The summed E-state index contributed by atoms with van der Waals surface area (Å²) in [5.74, 6) is 0.828. The predicted octanol–water partition coefficient (Wildman–Crippen LogP) is 11.8. The largest absolute Gasteiger partial charge is 0.456 e. The average molecular weight is 616 g/mol. The molecule has 11 aromatic rings. The number of rotatable bonds is 2. The van der Waals surface area contributed by atoms with Gasteiger partial charge < -0.3 is 4.42 Å². The zero-order chi connectivity index (χ0) is 30.4. The lowest BCUT2D eigenvalue weighted by molar-refractivity contribution is 0.669. The van der Waals surface area contributed by atoms with Crippen LogP contribution in [0.4, 0.5) is 0 Å². The maximum absolute atomic E-state index is 6.51. The zero-order valence-electron chi connectivity index (χ0n) is 24.8. The molecule has 12 rings (SSSR count). The quantitative estimate of drug-likeness (QED) is 0.194. The maximum atomic E-state index is 6.51. The van der Waals surface area contributed by atoms with Crippen LogP contribution in [0.2, 0.25) is 0 Å². The van der Waals surface area contributed by atoms with Crippen LogP contribution in [0.3, 0.4) is 0 Å². The summed E-state index contributed by atoms with van der Waals surface area (Å²) in [6, 6.07) is 45.5. The number of hydrogen-bond acceptors (Lipinski definition) is 4. The molecular weight excluding hydrogens is 595 g/mol. The van der Waals surface area contributed by atoms with Crippen molar-refractivity contribution < 1.29 is 4.42 Å². The predicted molar refractivity (Wildman–Crippen MR) is 196 cm³/mol. The molecule has 4 heterocycles. The van der Waals surface area contributed by atoms with E-state index in [9.17, 15) is 0 Å². The Morgan fingerprint density at radius 2 is 1.23 bits per heavy atom. The van der Waals surface area contributed by atoms with Crippen molar-refractivity contribution in [3.05, 3.63) is 127 Å². The van der Waals surface area contributed by atoms with E-state index in [2.05, 4.69) is 120 Å². The molecule has 0 saturated carbocycles. The minimum atomic E-state index is 0.828. The SMILES string of the molecule is c1cc2c3c(c1)ccc1c3c3c4c(ccc3n1-c1nc3ccccc3nc1-c1ccc3c(c1)sc1ccccc13)oc1cccc-2c14. The summed E-state index contributed by atoms with van der Waals surface area (Å²) in [7, 11) is 0. The van der Waals surface area contributed by atoms with Gasteiger partial charge in [0.15, 0.2) is 5.82 Å². The first kappa shape index (κ1) is 24.2. The summed E-state index contributed by atoms with van der Waals surface area (Å²) in [5, 5.41) is 9.85. The van der Waals surface area contributed by atoms with E-state index in [1.165, 1.54) is 63.6 Å². The van der Waals surface area contributed by atoms with E-state index < -0.39 is 0 Å². The van der Waals surface area contributed by atoms with Gasteiger partial charge in [0, 0.05) is 47.3 Å². The van der Waals surface area contributed by atoms with Crippen molar-refractivity contribution in [3.8, 4) is 28.2 Å². The summed E-state index contributed by atoms with van der Waals surface area (Å²) in [6.07, 6.45) is 0. The molecule has 0 aliphatic heterocycles. The summed E-state index contributed by atoms with van der Waals surface area (Å²) in [6.45, 7) is 0. The molecule has 1 aliphatic carbocycles. The van der Waals surface area contributed by atoms with Gasteiger partial charge >= 0.3 is 0 Å². The van der Waals surface area contributed by atoms with Crippen molar-refractivity contribution in [2.24, 2.45) is 0 Å². The van der Waals surface area contributed by atoms with E-state index in [0.717, 1.165) is 50.3 Å². The smallest absolute Gasteiger partial charge is 0.165 e. The second kappa shape index (κ2) is 8.40. The molecule has 0 amide bonds. The molecule has 4 aromatic heterocycles. The molecule has 7 aromatic carbocycles. The van der Waals surface area contributed by atoms with Crippen molar-refractivity contribution in [2.75, 3.05) is 0 Å². The van der Waals surface area contributed by atoms with Crippen molar-refractivity contribution in [2.45, 2.75) is 0 Å². The molecule has 0 radical (unpaired) electrons. The first-order valence-electron chi connectivity index (χ1n) is 15.8. The number of thiophene rings is 1. The fourth-order valence-corrected chi connectivity index (χ4v) is 9.31. The van der Waals surface area contributed by atoms with Gasteiger partial charge in [0.2, 0.25) is 0 Å². The molecule has 0 saturated heterocycles. The lowest BCUT2D eigenvalue weighted by Crippen LogP contribution is -2.03. The standard InChI is InChI=1S/C42H21N3OS/c1-4-14-34-24(8-1)25-17-15-23(21-35(25)47-34)41-42(44-29-12-3-2-11-28(29)43-41)45-30-18-16-22-7-5-9-26-27-10-6-13-32-37(27)40-33(46-32)20-19-31(45)39(40)38(30)36(22)26/h1-21H. The summed E-state index contributed by atoms with van der Waals surface area (Å²) < 4.78 is 11.4. The van der Waals surface area contributed by atoms with Crippen LogP contribution in [-0.2, 0) is 0 Å². The highest BCUT2D eigenvalue weighted by atomic mass is 32.1. The molecule has 0 unspecified atom stereocenters. The van der Waals surface area contributed by atoms with Gasteiger partial charge in [-0.3, -0.25) is 4.57 Å². The molecule has 4 nitrogen and oxygen atoms in total. The highest BCUT2D eigenvalue weighted by Crippen LogP contribution is 2.51. The number of nitrogens with zero attached hydrogens (tertiary/aromatic N) is 3. The van der Waals surface area contributed by atoms with Gasteiger partial charge in [0.1, 0.15) is 16.9 Å². The molecule has 0 fully saturated rings. The van der Waals surface area contributed by atoms with Gasteiger partial charge in [-0.15, -0.1) is 11.3 Å². The number of fused-ring (bicyclic) bond motifs is 5. The van der Waals surface area contributed by atoms with E-state index in [1.807, 2.05) is 23.5 Å². The highest BCUT2D eigenvalue weighted by molar-refractivity contribution is 7.25. The van der Waals surface area contributed by atoms with Crippen molar-refractivity contribution >= 4 is 97.1 Å². The summed E-state index contributed by atoms with van der Waals surface area (Å²) >= 11 is 1.83. The fourth-order valence-electron chi connectivity index (χ4n) is 8.17. The summed E-state index contributed by atoms with van der Waals surface area (Å²) in [5.41, 5.74) is 10.2. The summed E-state index contributed by atoms with van der Waals surface area (Å²) in [4.78, 5) is 10.8. The van der Waals surface area contributed by atoms with Gasteiger partial charge in [-0.1, -0.05) is 78.9 Å². The van der Waals surface area contributed by atoms with Crippen LogP contribution in [-0.4, -0.2) is 14.5 Å². The molecule has 1 aliphatic rings. The third kappa shape index (κ3) is 2.98. The first-order chi connectivity index (χ1) is 23.3. The Bertz CT molecular complexity index is 3200. The van der Waals surface area contributed by atoms with E-state index in [0.29, 0.717) is 0 Å². The van der Waals surface area contributed by atoms with Crippen LogP contribution in [0.25, 0.3) is 114 Å². The number of benzene rings is 7. The monoisotopic (exact) mass is 615 g/mol. The topological polar surface area (TPSA) is 43.9 Å². The van der Waals surface area contributed by atoms with E-state index in [-0.39, 0.29) is 0 Å². The Kier molecular flexibility index (Phi) is 4.33. The van der Waals surface area contributed by atoms with Gasteiger partial charge in [0.25, 0.3) is 0 Å². The first-order valence-corrected chi connectivity index (χ1v) is 16.7. The number of furan rings is 1. The third-order valence-corrected chi connectivity index (χ3v) is 11.2. The van der Waals surface area contributed by atoms with Gasteiger partial charge in [-0.25, -0.2) is 9.97 Å². The zero-order valence-corrected chi connectivity index (χ0v) is 25.6. The van der Waals surface area contributed by atoms with Crippen LogP contribution < -0.4 is 0 Å². The van der Waals surface area contributed by atoms with Crippen LogP contribution in [0.5, 0.6) is 0 Å². The minimum absolute atomic E-state index is 0.828. The average Bonchev–Trinajstić information content (AvgIpc) is 3.76. The minimum Gasteiger partial charge on any atom is -0.456 e. The van der Waals surface area contributed by atoms with Crippen molar-refractivity contribution in [1.82, 2.24) is 14.5 Å². The highest BCUT2D eigenvalue weighted by Gasteiger charge is 2.28. The Labute approximate surface area is 270 Å². The van der Waals surface area contributed by atoms with Crippen LogP contribution in [0.15, 0.2) is 132 Å². The second-order valence-corrected chi connectivity index (χ2v) is 13.6. The number of aromatic nitrogens is 3. The molecule has 0 spiro atoms. The Hall–Kier alpha value is -6.04. The van der Waals surface area contributed by atoms with Crippen LogP contribution >= 0.6 is 11.3 Å². The number of para-hydroxylation sites is 2. The fraction of sp³-hybridized carbons (Fsp3) is 0. The lowest BCUT2D eigenvalue weighted by atomic mass is 9.95. The molecule has 216 valence electrons. The van der Waals surface area contributed by atoms with E-state index >= 15 is 0 Å². The Morgan fingerprint density at radius 1 is 0.511 bits per heavy atom. The third-order valence-electron chi connectivity index (χ3n) is 10.1. The maximum Gasteiger partial charge on any atom is 0.165 e. The van der Waals surface area contributed by atoms with Gasteiger partial charge in [-0.2, -0.15) is 0 Å². The molecule has 5 heteroatoms. The normalized spacial score (nSPS) is 12.7. The Morgan fingerprint density at radius 3 is 2.15 bits per heavy atom. The van der Waals surface area contributed by atoms with Crippen LogP contribution in [0.1, 0.15) is 0 Å². The second-order valence-electron chi connectivity index (χ2n) is 12.5. The lowest BCUT2D eigenvalue weighted by Gasteiger charge is -2.15. The van der Waals surface area contributed by atoms with Gasteiger partial charge in [-0.05, 0) is 70.4 Å². The molecular formula is C42H21N3OS. The van der Waals surface area contributed by atoms with Gasteiger partial charge in [0.05, 0.1) is 22.1 Å². The van der Waals surface area contributed by atoms with E-state index in [4.69, 9.17) is 14.4 Å². The van der Waals surface area contributed by atoms with Crippen LogP contribution in [0, 0.1) is 0 Å². The molecule has 47 heavy (non-hydrogen) atoms. The van der Waals surface area contributed by atoms with Crippen molar-refractivity contribution in [1.29, 1.82) is 0 Å². The number of hydrogen-bond donors (Lipinski definition) is 0. The molecule has 0 atom stereocenters. The molecule has 0 bridgehead atoms. The molecule has 0 N–H and O–H groups in total.